The highest BCUT2D eigenvalue weighted by Crippen LogP contribution is 2.36. The van der Waals surface area contributed by atoms with Crippen LogP contribution in [0, 0.1) is 18.8 Å². The Morgan fingerprint density at radius 1 is 1.38 bits per heavy atom. The standard InChI is InChI=1S/C9H11NO3/c1-5-7(10-12)4-8(13-3)6(2)9(5)11/h4,11H,1-3H3. The third kappa shape index (κ3) is 1.47. The maximum absolute atomic E-state index is 10.3. The Hall–Kier alpha value is -1.58. The van der Waals surface area contributed by atoms with Gasteiger partial charge in [0.15, 0.2) is 0 Å². The summed E-state index contributed by atoms with van der Waals surface area (Å²) in [7, 11) is 1.48. The molecule has 1 aromatic rings. The molecule has 0 atom stereocenters. The van der Waals surface area contributed by atoms with Crippen LogP contribution in [0.15, 0.2) is 11.2 Å². The van der Waals surface area contributed by atoms with Crippen molar-refractivity contribution in [1.29, 1.82) is 0 Å². The van der Waals surface area contributed by atoms with Crippen molar-refractivity contribution in [1.82, 2.24) is 0 Å². The second-order valence-corrected chi connectivity index (χ2v) is 2.79. The molecule has 4 nitrogen and oxygen atoms in total. The van der Waals surface area contributed by atoms with Crippen molar-refractivity contribution in [2.45, 2.75) is 13.8 Å². The lowest BCUT2D eigenvalue weighted by Crippen LogP contribution is -1.89. The Bertz CT molecular complexity index is 347. The van der Waals surface area contributed by atoms with Crippen molar-refractivity contribution in [3.63, 3.8) is 0 Å². The van der Waals surface area contributed by atoms with Gasteiger partial charge in [0.2, 0.25) is 0 Å². The summed E-state index contributed by atoms with van der Waals surface area (Å²) in [6, 6.07) is 1.51. The van der Waals surface area contributed by atoms with Crippen LogP contribution in [0.25, 0.3) is 0 Å². The number of rotatable bonds is 2. The van der Waals surface area contributed by atoms with Crippen LogP contribution in [0.4, 0.5) is 5.69 Å². The first-order chi connectivity index (χ1) is 6.11. The van der Waals surface area contributed by atoms with E-state index in [1.54, 1.807) is 13.8 Å². The fraction of sp³-hybridized carbons (Fsp3) is 0.333. The second-order valence-electron chi connectivity index (χ2n) is 2.79. The zero-order valence-corrected chi connectivity index (χ0v) is 7.79. The van der Waals surface area contributed by atoms with Gasteiger partial charge >= 0.3 is 0 Å². The molecule has 0 heterocycles. The van der Waals surface area contributed by atoms with Crippen molar-refractivity contribution in [2.75, 3.05) is 7.11 Å². The van der Waals surface area contributed by atoms with E-state index in [9.17, 15) is 10.0 Å². The Morgan fingerprint density at radius 3 is 2.46 bits per heavy atom. The van der Waals surface area contributed by atoms with E-state index < -0.39 is 0 Å². The van der Waals surface area contributed by atoms with Gasteiger partial charge in [0.25, 0.3) is 0 Å². The van der Waals surface area contributed by atoms with E-state index >= 15 is 0 Å². The number of methoxy groups -OCH3 is 1. The Labute approximate surface area is 76.1 Å². The number of benzene rings is 1. The number of phenols is 1. The smallest absolute Gasteiger partial charge is 0.127 e. The van der Waals surface area contributed by atoms with E-state index in [0.717, 1.165) is 0 Å². The summed E-state index contributed by atoms with van der Waals surface area (Å²) >= 11 is 0. The number of hydrogen-bond donors (Lipinski definition) is 1. The van der Waals surface area contributed by atoms with Crippen LogP contribution in [-0.2, 0) is 0 Å². The number of phenolic OH excluding ortho intramolecular Hbond substituents is 1. The number of aromatic hydroxyl groups is 1. The lowest BCUT2D eigenvalue weighted by atomic mass is 10.1. The number of nitroso groups, excluding NO2 is 1. The monoisotopic (exact) mass is 181 g/mol. The average Bonchev–Trinajstić information content (AvgIpc) is 2.15. The van der Waals surface area contributed by atoms with Crippen LogP contribution in [0.5, 0.6) is 11.5 Å². The lowest BCUT2D eigenvalue weighted by Gasteiger charge is -2.09. The van der Waals surface area contributed by atoms with Crippen molar-refractivity contribution in [2.24, 2.45) is 5.18 Å². The van der Waals surface area contributed by atoms with E-state index in [0.29, 0.717) is 16.9 Å². The highest BCUT2D eigenvalue weighted by Gasteiger charge is 2.12. The van der Waals surface area contributed by atoms with Gasteiger partial charge in [-0.25, -0.2) is 0 Å². The number of nitrogens with zero attached hydrogens (tertiary/aromatic N) is 1. The molecule has 0 aliphatic carbocycles. The van der Waals surface area contributed by atoms with Gasteiger partial charge in [-0.2, -0.15) is 0 Å². The first kappa shape index (κ1) is 9.51. The van der Waals surface area contributed by atoms with Crippen molar-refractivity contribution >= 4 is 5.69 Å². The van der Waals surface area contributed by atoms with E-state index in [-0.39, 0.29) is 11.4 Å². The van der Waals surface area contributed by atoms with Crippen molar-refractivity contribution in [3.05, 3.63) is 22.1 Å². The normalized spacial score (nSPS) is 9.77. The second kappa shape index (κ2) is 3.43. The molecule has 0 amide bonds. The Balaban J connectivity index is 3.45. The molecular weight excluding hydrogens is 170 g/mol. The molecule has 0 fully saturated rings. The van der Waals surface area contributed by atoms with Gasteiger partial charge < -0.3 is 9.84 Å². The topological polar surface area (TPSA) is 58.9 Å². The van der Waals surface area contributed by atoms with Crippen molar-refractivity contribution < 1.29 is 9.84 Å². The highest BCUT2D eigenvalue weighted by atomic mass is 16.5. The first-order valence-electron chi connectivity index (χ1n) is 3.82. The minimum atomic E-state index is 0.0638. The van der Waals surface area contributed by atoms with E-state index in [1.807, 2.05) is 0 Å². The number of hydrogen-bond acceptors (Lipinski definition) is 4. The Morgan fingerprint density at radius 2 is 2.00 bits per heavy atom. The summed E-state index contributed by atoms with van der Waals surface area (Å²) in [5, 5.41) is 12.3. The molecule has 1 aromatic carbocycles. The van der Waals surface area contributed by atoms with Gasteiger partial charge in [-0.05, 0) is 19.0 Å². The molecule has 13 heavy (non-hydrogen) atoms. The Kier molecular flexibility index (Phi) is 2.51. The summed E-state index contributed by atoms with van der Waals surface area (Å²) in [6.07, 6.45) is 0. The molecule has 1 rings (SSSR count). The van der Waals surface area contributed by atoms with Crippen LogP contribution in [0.3, 0.4) is 0 Å². The SMILES string of the molecule is COc1cc(N=O)c(C)c(O)c1C. The molecular formula is C9H11NO3. The summed E-state index contributed by atoms with van der Waals surface area (Å²) in [5.74, 6) is 0.534. The lowest BCUT2D eigenvalue weighted by molar-refractivity contribution is 0.402. The maximum Gasteiger partial charge on any atom is 0.127 e. The summed E-state index contributed by atoms with van der Waals surface area (Å²) in [6.45, 7) is 3.36. The molecule has 0 unspecified atom stereocenters. The first-order valence-corrected chi connectivity index (χ1v) is 3.82. The van der Waals surface area contributed by atoms with Crippen LogP contribution >= 0.6 is 0 Å². The van der Waals surface area contributed by atoms with Crippen LogP contribution in [0.1, 0.15) is 11.1 Å². The number of ether oxygens (including phenoxy) is 1. The fourth-order valence-electron chi connectivity index (χ4n) is 1.17. The molecule has 4 heteroatoms. The van der Waals surface area contributed by atoms with Gasteiger partial charge in [0.05, 0.1) is 7.11 Å². The third-order valence-electron chi connectivity index (χ3n) is 2.05. The molecule has 0 aromatic heterocycles. The van der Waals surface area contributed by atoms with Gasteiger partial charge in [-0.15, -0.1) is 4.91 Å². The van der Waals surface area contributed by atoms with Crippen LogP contribution in [0.2, 0.25) is 0 Å². The van der Waals surface area contributed by atoms with Gasteiger partial charge in [0, 0.05) is 17.2 Å². The molecule has 70 valence electrons. The third-order valence-corrected chi connectivity index (χ3v) is 2.05. The molecule has 0 aliphatic heterocycles. The van der Waals surface area contributed by atoms with E-state index in [2.05, 4.69) is 5.18 Å². The molecule has 0 bridgehead atoms. The average molecular weight is 181 g/mol. The van der Waals surface area contributed by atoms with Gasteiger partial charge in [-0.1, -0.05) is 0 Å². The molecule has 0 aliphatic rings. The molecule has 0 saturated carbocycles. The highest BCUT2D eigenvalue weighted by molar-refractivity contribution is 5.61. The quantitative estimate of drug-likeness (QED) is 0.712. The zero-order chi connectivity index (χ0) is 10.0. The van der Waals surface area contributed by atoms with Crippen LogP contribution < -0.4 is 4.74 Å². The van der Waals surface area contributed by atoms with E-state index in [4.69, 9.17) is 4.74 Å². The summed E-state index contributed by atoms with van der Waals surface area (Å²) in [4.78, 5) is 10.3. The fourth-order valence-corrected chi connectivity index (χ4v) is 1.17. The predicted molar refractivity (Wildman–Crippen MR) is 49.6 cm³/mol. The van der Waals surface area contributed by atoms with Crippen LogP contribution in [-0.4, -0.2) is 12.2 Å². The molecule has 1 N–H and O–H groups in total. The summed E-state index contributed by atoms with van der Waals surface area (Å²) < 4.78 is 4.96. The molecule has 0 spiro atoms. The zero-order valence-electron chi connectivity index (χ0n) is 7.79. The predicted octanol–water partition coefficient (Wildman–Crippen LogP) is 2.42. The van der Waals surface area contributed by atoms with Gasteiger partial charge in [-0.3, -0.25) is 0 Å². The maximum atomic E-state index is 10.3. The minimum absolute atomic E-state index is 0.0638. The van der Waals surface area contributed by atoms with Crippen molar-refractivity contribution in [3.8, 4) is 11.5 Å². The largest absolute Gasteiger partial charge is 0.507 e. The van der Waals surface area contributed by atoms with E-state index in [1.165, 1.54) is 13.2 Å². The molecule has 0 saturated heterocycles. The minimum Gasteiger partial charge on any atom is -0.507 e. The van der Waals surface area contributed by atoms with Gasteiger partial charge in [0.1, 0.15) is 17.2 Å². The molecule has 0 radical (unpaired) electrons. The summed E-state index contributed by atoms with van der Waals surface area (Å²) in [5.41, 5.74) is 1.31.